The van der Waals surface area contributed by atoms with Gasteiger partial charge in [-0.05, 0) is 36.2 Å². The van der Waals surface area contributed by atoms with E-state index in [0.29, 0.717) is 17.1 Å². The zero-order valence-corrected chi connectivity index (χ0v) is 12.1. The predicted octanol–water partition coefficient (Wildman–Crippen LogP) is 3.68. The van der Waals surface area contributed by atoms with Crippen molar-refractivity contribution in [3.63, 3.8) is 0 Å². The number of hydrogen-bond donors (Lipinski definition) is 1. The molecule has 1 aliphatic heterocycles. The van der Waals surface area contributed by atoms with Crippen LogP contribution in [0, 0.1) is 11.6 Å². The van der Waals surface area contributed by atoms with Crippen LogP contribution in [0.15, 0.2) is 36.4 Å². The average molecular weight is 309 g/mol. The Morgan fingerprint density at radius 1 is 1.19 bits per heavy atom. The van der Waals surface area contributed by atoms with Crippen molar-refractivity contribution >= 4 is 17.3 Å². The Morgan fingerprint density at radius 2 is 2.00 bits per heavy atom. The van der Waals surface area contributed by atoms with E-state index in [-0.39, 0.29) is 24.2 Å². The lowest BCUT2D eigenvalue weighted by Crippen LogP contribution is -2.33. The molecule has 0 fully saturated rings. The zero-order valence-electron chi connectivity index (χ0n) is 11.3. The first-order valence-corrected chi connectivity index (χ1v) is 7.18. The van der Waals surface area contributed by atoms with Crippen LogP contribution >= 0.6 is 11.6 Å². The van der Waals surface area contributed by atoms with E-state index in [2.05, 4.69) is 0 Å². The second-order valence-electron chi connectivity index (χ2n) is 5.13. The first-order valence-electron chi connectivity index (χ1n) is 6.80. The summed E-state index contributed by atoms with van der Waals surface area (Å²) in [6.07, 6.45) is 0.807. The molecule has 0 aliphatic carbocycles. The second kappa shape index (κ2) is 5.62. The second-order valence-corrected chi connectivity index (χ2v) is 5.57. The van der Waals surface area contributed by atoms with Crippen LogP contribution in [0.1, 0.15) is 17.2 Å². The molecule has 0 spiro atoms. The van der Waals surface area contributed by atoms with Crippen LogP contribution in [-0.4, -0.2) is 13.1 Å². The molecule has 0 bridgehead atoms. The Kier molecular flexibility index (Phi) is 3.83. The van der Waals surface area contributed by atoms with Gasteiger partial charge in [-0.1, -0.05) is 23.7 Å². The third-order valence-electron chi connectivity index (χ3n) is 3.90. The topological polar surface area (TPSA) is 29.3 Å². The Hall–Kier alpha value is -1.65. The van der Waals surface area contributed by atoms with E-state index >= 15 is 0 Å². The third-order valence-corrected chi connectivity index (χ3v) is 4.13. The summed E-state index contributed by atoms with van der Waals surface area (Å²) < 4.78 is 27.6. The number of hydrogen-bond acceptors (Lipinski definition) is 2. The van der Waals surface area contributed by atoms with Gasteiger partial charge in [0.2, 0.25) is 0 Å². The lowest BCUT2D eigenvalue weighted by molar-refractivity contribution is 0.563. The van der Waals surface area contributed by atoms with Crippen LogP contribution in [0.4, 0.5) is 14.5 Å². The minimum atomic E-state index is -0.386. The monoisotopic (exact) mass is 308 g/mol. The highest BCUT2D eigenvalue weighted by atomic mass is 35.5. The summed E-state index contributed by atoms with van der Waals surface area (Å²) >= 11 is 5.79. The van der Waals surface area contributed by atoms with Gasteiger partial charge < -0.3 is 10.6 Å². The van der Waals surface area contributed by atoms with Crippen molar-refractivity contribution in [3.05, 3.63) is 64.2 Å². The van der Waals surface area contributed by atoms with Crippen LogP contribution in [0.2, 0.25) is 5.02 Å². The quantitative estimate of drug-likeness (QED) is 0.937. The van der Waals surface area contributed by atoms with Gasteiger partial charge in [0.15, 0.2) is 0 Å². The fraction of sp³-hybridized carbons (Fsp3) is 0.250. The largest absolute Gasteiger partial charge is 0.362 e. The highest BCUT2D eigenvalue weighted by Gasteiger charge is 2.28. The molecule has 2 N–H and O–H groups in total. The minimum absolute atomic E-state index is 0.245. The molecule has 5 heteroatoms. The van der Waals surface area contributed by atoms with Gasteiger partial charge in [-0.25, -0.2) is 8.78 Å². The molecule has 1 heterocycles. The maximum Gasteiger partial charge on any atom is 0.130 e. The Labute approximate surface area is 127 Å². The van der Waals surface area contributed by atoms with Gasteiger partial charge in [-0.2, -0.15) is 0 Å². The molecular formula is C16H15ClF2N2. The molecule has 0 radical (unpaired) electrons. The van der Waals surface area contributed by atoms with Crippen molar-refractivity contribution in [3.8, 4) is 0 Å². The lowest BCUT2D eigenvalue weighted by Gasteiger charge is -2.30. The van der Waals surface area contributed by atoms with E-state index in [1.807, 2.05) is 4.90 Å². The molecule has 110 valence electrons. The van der Waals surface area contributed by atoms with E-state index in [0.717, 1.165) is 17.7 Å². The standard InChI is InChI=1S/C16H15ClF2N2/c17-11-2-4-13(14(19)7-11)16(9-20)21-6-5-10-1-3-12(18)8-15(10)21/h1-4,7-8,16H,5-6,9,20H2. The number of benzene rings is 2. The molecule has 2 aromatic carbocycles. The number of fused-ring (bicyclic) bond motifs is 1. The molecule has 0 amide bonds. The molecule has 3 rings (SSSR count). The van der Waals surface area contributed by atoms with Gasteiger partial charge in [0.1, 0.15) is 11.6 Å². The molecule has 21 heavy (non-hydrogen) atoms. The van der Waals surface area contributed by atoms with Gasteiger partial charge >= 0.3 is 0 Å². The maximum atomic E-state index is 14.2. The van der Waals surface area contributed by atoms with Gasteiger partial charge in [-0.3, -0.25) is 0 Å². The van der Waals surface area contributed by atoms with Crippen LogP contribution in [-0.2, 0) is 6.42 Å². The van der Waals surface area contributed by atoms with Crippen molar-refractivity contribution in [1.29, 1.82) is 0 Å². The SMILES string of the molecule is NCC(c1ccc(Cl)cc1F)N1CCc2ccc(F)cc21. The van der Waals surface area contributed by atoms with Crippen molar-refractivity contribution in [2.75, 3.05) is 18.0 Å². The number of halogens is 3. The summed E-state index contributed by atoms with van der Waals surface area (Å²) in [7, 11) is 0. The maximum absolute atomic E-state index is 14.2. The van der Waals surface area contributed by atoms with Crippen LogP contribution in [0.25, 0.3) is 0 Å². The Morgan fingerprint density at radius 3 is 2.71 bits per heavy atom. The van der Waals surface area contributed by atoms with Crippen molar-refractivity contribution in [2.45, 2.75) is 12.5 Å². The van der Waals surface area contributed by atoms with Gasteiger partial charge in [0.05, 0.1) is 6.04 Å². The molecule has 2 nitrogen and oxygen atoms in total. The molecule has 0 saturated carbocycles. The summed E-state index contributed by atoms with van der Waals surface area (Å²) in [4.78, 5) is 1.96. The fourth-order valence-corrected chi connectivity index (χ4v) is 3.05. The molecule has 1 aliphatic rings. The molecule has 0 saturated heterocycles. The Balaban J connectivity index is 2.01. The van der Waals surface area contributed by atoms with Gasteiger partial charge in [0, 0.05) is 29.4 Å². The van der Waals surface area contributed by atoms with E-state index < -0.39 is 0 Å². The summed E-state index contributed by atoms with van der Waals surface area (Å²) in [5.74, 6) is -0.684. The van der Waals surface area contributed by atoms with Gasteiger partial charge in [-0.15, -0.1) is 0 Å². The summed E-state index contributed by atoms with van der Waals surface area (Å²) in [6, 6.07) is 8.95. The molecule has 1 atom stereocenters. The minimum Gasteiger partial charge on any atom is -0.362 e. The Bertz CT molecular complexity index is 675. The molecular weight excluding hydrogens is 294 g/mol. The number of anilines is 1. The van der Waals surface area contributed by atoms with E-state index in [4.69, 9.17) is 17.3 Å². The lowest BCUT2D eigenvalue weighted by atomic mass is 10.0. The first kappa shape index (κ1) is 14.3. The summed E-state index contributed by atoms with van der Waals surface area (Å²) in [6.45, 7) is 0.942. The van der Waals surface area contributed by atoms with Crippen LogP contribution < -0.4 is 10.6 Å². The van der Waals surface area contributed by atoms with E-state index in [1.54, 1.807) is 18.2 Å². The fourth-order valence-electron chi connectivity index (χ4n) is 2.89. The third kappa shape index (κ3) is 2.61. The normalized spacial score (nSPS) is 15.1. The molecule has 2 aromatic rings. The van der Waals surface area contributed by atoms with Crippen LogP contribution in [0.5, 0.6) is 0 Å². The summed E-state index contributed by atoms with van der Waals surface area (Å²) in [5, 5.41) is 0.347. The average Bonchev–Trinajstić information content (AvgIpc) is 2.85. The van der Waals surface area contributed by atoms with Crippen molar-refractivity contribution < 1.29 is 8.78 Å². The van der Waals surface area contributed by atoms with E-state index in [9.17, 15) is 8.78 Å². The van der Waals surface area contributed by atoms with Crippen molar-refractivity contribution in [2.24, 2.45) is 5.73 Å². The zero-order chi connectivity index (χ0) is 15.0. The number of nitrogens with two attached hydrogens (primary N) is 1. The molecule has 0 aromatic heterocycles. The highest BCUT2D eigenvalue weighted by molar-refractivity contribution is 6.30. The van der Waals surface area contributed by atoms with Gasteiger partial charge in [0.25, 0.3) is 0 Å². The van der Waals surface area contributed by atoms with Crippen molar-refractivity contribution in [1.82, 2.24) is 0 Å². The summed E-state index contributed by atoms with van der Waals surface area (Å²) in [5.41, 5.74) is 8.19. The highest BCUT2D eigenvalue weighted by Crippen LogP contribution is 2.36. The van der Waals surface area contributed by atoms with Crippen LogP contribution in [0.3, 0.4) is 0 Å². The first-order chi connectivity index (χ1) is 10.1. The predicted molar refractivity (Wildman–Crippen MR) is 80.7 cm³/mol. The number of rotatable bonds is 3. The smallest absolute Gasteiger partial charge is 0.130 e. The molecule has 1 unspecified atom stereocenters. The number of nitrogens with zero attached hydrogens (tertiary/aromatic N) is 1. The van der Waals surface area contributed by atoms with E-state index in [1.165, 1.54) is 18.2 Å².